The molecule has 0 aliphatic rings. The monoisotopic (exact) mass is 337 g/mol. The third-order valence-corrected chi connectivity index (χ3v) is 4.70. The SMILES string of the molecule is COCc1cnc2c(-c3ncc(-c4ccn[nH]4)s3)cc(C)cc2n1. The van der Waals surface area contributed by atoms with Gasteiger partial charge >= 0.3 is 0 Å². The molecule has 0 unspecified atom stereocenters. The highest BCUT2D eigenvalue weighted by molar-refractivity contribution is 7.18. The molecular formula is C17H15N5OS. The van der Waals surface area contributed by atoms with Crippen LogP contribution in [0.5, 0.6) is 0 Å². The molecule has 0 spiro atoms. The Morgan fingerprint density at radius 2 is 2.12 bits per heavy atom. The first-order valence-electron chi connectivity index (χ1n) is 7.46. The topological polar surface area (TPSA) is 76.6 Å². The number of aromatic amines is 1. The highest BCUT2D eigenvalue weighted by atomic mass is 32.1. The molecule has 0 aliphatic heterocycles. The summed E-state index contributed by atoms with van der Waals surface area (Å²) in [5.41, 5.74) is 5.61. The molecule has 0 saturated carbocycles. The van der Waals surface area contributed by atoms with Crippen molar-refractivity contribution in [3.8, 4) is 21.1 Å². The minimum absolute atomic E-state index is 0.452. The number of aromatic nitrogens is 5. The van der Waals surface area contributed by atoms with Crippen LogP contribution in [0, 0.1) is 6.92 Å². The van der Waals surface area contributed by atoms with Gasteiger partial charge in [-0.05, 0) is 30.7 Å². The summed E-state index contributed by atoms with van der Waals surface area (Å²) >= 11 is 1.61. The van der Waals surface area contributed by atoms with Crippen molar-refractivity contribution in [3.05, 3.63) is 48.0 Å². The highest BCUT2D eigenvalue weighted by Gasteiger charge is 2.13. The van der Waals surface area contributed by atoms with Crippen LogP contribution in [0.3, 0.4) is 0 Å². The second-order valence-electron chi connectivity index (χ2n) is 5.47. The lowest BCUT2D eigenvalue weighted by Gasteiger charge is -2.06. The molecule has 0 fully saturated rings. The summed E-state index contributed by atoms with van der Waals surface area (Å²) in [7, 11) is 1.65. The molecule has 3 heterocycles. The Labute approximate surface area is 142 Å². The van der Waals surface area contributed by atoms with Crippen LogP contribution in [0.25, 0.3) is 32.2 Å². The highest BCUT2D eigenvalue weighted by Crippen LogP contribution is 2.34. The number of ether oxygens (including phenoxy) is 1. The van der Waals surface area contributed by atoms with E-state index in [1.54, 1.807) is 30.8 Å². The van der Waals surface area contributed by atoms with E-state index in [2.05, 4.69) is 38.1 Å². The summed E-state index contributed by atoms with van der Waals surface area (Å²) in [5.74, 6) is 0. The zero-order valence-corrected chi connectivity index (χ0v) is 14.1. The predicted octanol–water partition coefficient (Wildman–Crippen LogP) is 3.60. The Bertz CT molecular complexity index is 994. The van der Waals surface area contributed by atoms with E-state index in [9.17, 15) is 0 Å². The van der Waals surface area contributed by atoms with Crippen LogP contribution in [0.4, 0.5) is 0 Å². The Morgan fingerprint density at radius 3 is 2.92 bits per heavy atom. The van der Waals surface area contributed by atoms with Crippen molar-refractivity contribution in [2.45, 2.75) is 13.5 Å². The summed E-state index contributed by atoms with van der Waals surface area (Å²) in [6, 6.07) is 6.07. The number of fused-ring (bicyclic) bond motifs is 1. The van der Waals surface area contributed by atoms with Crippen molar-refractivity contribution in [1.82, 2.24) is 25.1 Å². The van der Waals surface area contributed by atoms with Gasteiger partial charge in [-0.2, -0.15) is 5.10 Å². The molecule has 0 atom stereocenters. The summed E-state index contributed by atoms with van der Waals surface area (Å²) in [6.07, 6.45) is 5.35. The van der Waals surface area contributed by atoms with Gasteiger partial charge in [0.05, 0.1) is 40.1 Å². The van der Waals surface area contributed by atoms with Crippen molar-refractivity contribution < 1.29 is 4.74 Å². The van der Waals surface area contributed by atoms with Crippen molar-refractivity contribution in [3.63, 3.8) is 0 Å². The van der Waals surface area contributed by atoms with Gasteiger partial charge in [0.2, 0.25) is 0 Å². The minimum atomic E-state index is 0.452. The van der Waals surface area contributed by atoms with Crippen molar-refractivity contribution in [2.75, 3.05) is 7.11 Å². The van der Waals surface area contributed by atoms with Crippen molar-refractivity contribution in [2.24, 2.45) is 0 Å². The standard InChI is InChI=1S/C17H15N5OS/c1-10-5-12(16-14(6-10)21-11(7-18-16)9-23-2)17-19-8-15(24-17)13-3-4-20-22-13/h3-8H,9H2,1-2H3,(H,20,22). The van der Waals surface area contributed by atoms with Gasteiger partial charge < -0.3 is 4.74 Å². The number of benzene rings is 1. The quantitative estimate of drug-likeness (QED) is 0.616. The van der Waals surface area contributed by atoms with Crippen LogP contribution >= 0.6 is 11.3 Å². The number of nitrogens with one attached hydrogen (secondary N) is 1. The van der Waals surface area contributed by atoms with Crippen LogP contribution in [-0.4, -0.2) is 32.3 Å². The van der Waals surface area contributed by atoms with Gasteiger partial charge in [0.15, 0.2) is 0 Å². The summed E-state index contributed by atoms with van der Waals surface area (Å²) < 4.78 is 5.14. The van der Waals surface area contributed by atoms with E-state index in [1.807, 2.05) is 18.3 Å². The Kier molecular flexibility index (Phi) is 3.79. The van der Waals surface area contributed by atoms with Gasteiger partial charge in [0.1, 0.15) is 5.01 Å². The lowest BCUT2D eigenvalue weighted by atomic mass is 10.1. The number of nitrogens with zero attached hydrogens (tertiary/aromatic N) is 4. The van der Waals surface area contributed by atoms with Gasteiger partial charge in [0.25, 0.3) is 0 Å². The fourth-order valence-corrected chi connectivity index (χ4v) is 3.51. The van der Waals surface area contributed by atoms with Gasteiger partial charge in [-0.25, -0.2) is 9.97 Å². The summed E-state index contributed by atoms with van der Waals surface area (Å²) in [5, 5.41) is 7.88. The molecular weight excluding hydrogens is 322 g/mol. The van der Waals surface area contributed by atoms with Crippen LogP contribution < -0.4 is 0 Å². The Hall–Kier alpha value is -2.64. The molecule has 1 N–H and O–H groups in total. The second-order valence-corrected chi connectivity index (χ2v) is 6.51. The van der Waals surface area contributed by atoms with Gasteiger partial charge in [-0.1, -0.05) is 0 Å². The number of hydrogen-bond acceptors (Lipinski definition) is 6. The maximum Gasteiger partial charge on any atom is 0.126 e. The molecule has 0 radical (unpaired) electrons. The zero-order valence-electron chi connectivity index (χ0n) is 13.3. The molecule has 6 nitrogen and oxygen atoms in total. The van der Waals surface area contributed by atoms with E-state index >= 15 is 0 Å². The molecule has 3 aromatic heterocycles. The molecule has 1 aromatic carbocycles. The second kappa shape index (κ2) is 6.10. The van der Waals surface area contributed by atoms with Crippen LogP contribution in [0.2, 0.25) is 0 Å². The fourth-order valence-electron chi connectivity index (χ4n) is 2.60. The molecule has 24 heavy (non-hydrogen) atoms. The third kappa shape index (κ3) is 2.68. The van der Waals surface area contributed by atoms with E-state index in [4.69, 9.17) is 4.74 Å². The molecule has 4 rings (SSSR count). The maximum atomic E-state index is 5.14. The predicted molar refractivity (Wildman–Crippen MR) is 93.7 cm³/mol. The average molecular weight is 337 g/mol. The lowest BCUT2D eigenvalue weighted by Crippen LogP contribution is -1.96. The van der Waals surface area contributed by atoms with Gasteiger partial charge in [-0.15, -0.1) is 11.3 Å². The van der Waals surface area contributed by atoms with Gasteiger partial charge in [-0.3, -0.25) is 10.1 Å². The van der Waals surface area contributed by atoms with E-state index in [0.29, 0.717) is 6.61 Å². The Morgan fingerprint density at radius 1 is 1.21 bits per heavy atom. The normalized spacial score (nSPS) is 11.2. The smallest absolute Gasteiger partial charge is 0.126 e. The zero-order chi connectivity index (χ0) is 16.5. The number of thiazole rings is 1. The van der Waals surface area contributed by atoms with Crippen LogP contribution in [0.15, 0.2) is 36.8 Å². The molecule has 0 amide bonds. The van der Waals surface area contributed by atoms with E-state index < -0.39 is 0 Å². The van der Waals surface area contributed by atoms with E-state index in [1.165, 1.54) is 0 Å². The molecule has 7 heteroatoms. The number of methoxy groups -OCH3 is 1. The number of aryl methyl sites for hydroxylation is 1. The van der Waals surface area contributed by atoms with Crippen molar-refractivity contribution >= 4 is 22.4 Å². The third-order valence-electron chi connectivity index (χ3n) is 3.64. The van der Waals surface area contributed by atoms with Gasteiger partial charge in [0, 0.05) is 25.1 Å². The Balaban J connectivity index is 1.84. The number of hydrogen-bond donors (Lipinski definition) is 1. The van der Waals surface area contributed by atoms with Crippen molar-refractivity contribution in [1.29, 1.82) is 0 Å². The lowest BCUT2D eigenvalue weighted by molar-refractivity contribution is 0.181. The largest absolute Gasteiger partial charge is 0.378 e. The van der Waals surface area contributed by atoms with E-state index in [-0.39, 0.29) is 0 Å². The van der Waals surface area contributed by atoms with E-state index in [0.717, 1.165) is 43.4 Å². The maximum absolute atomic E-state index is 5.14. The molecule has 120 valence electrons. The first-order chi connectivity index (χ1) is 11.7. The van der Waals surface area contributed by atoms with Crippen LogP contribution in [-0.2, 0) is 11.3 Å². The first kappa shape index (κ1) is 14.9. The summed E-state index contributed by atoms with van der Waals surface area (Å²) in [6.45, 7) is 2.50. The molecule has 0 saturated heterocycles. The average Bonchev–Trinajstić information content (AvgIpc) is 3.25. The minimum Gasteiger partial charge on any atom is -0.378 e. The number of rotatable bonds is 4. The molecule has 0 bridgehead atoms. The molecule has 0 aliphatic carbocycles. The first-order valence-corrected chi connectivity index (χ1v) is 8.27. The van der Waals surface area contributed by atoms with Crippen LogP contribution in [0.1, 0.15) is 11.3 Å². The number of H-pyrrole nitrogens is 1. The molecule has 4 aromatic rings. The fraction of sp³-hybridized carbons (Fsp3) is 0.176. The summed E-state index contributed by atoms with van der Waals surface area (Å²) in [4.78, 5) is 14.8.